The third kappa shape index (κ3) is 4.51. The summed E-state index contributed by atoms with van der Waals surface area (Å²) in [5, 5.41) is 11.3. The van der Waals surface area contributed by atoms with Gasteiger partial charge in [-0.25, -0.2) is 0 Å². The monoisotopic (exact) mass is 466 g/mol. The summed E-state index contributed by atoms with van der Waals surface area (Å²) < 4.78 is 14.9. The van der Waals surface area contributed by atoms with Crippen LogP contribution in [0.2, 0.25) is 0 Å². The van der Waals surface area contributed by atoms with Crippen molar-refractivity contribution in [3.05, 3.63) is 35.5 Å². The van der Waals surface area contributed by atoms with Crippen molar-refractivity contribution in [3.63, 3.8) is 0 Å². The number of aliphatic hydroxyl groups is 1. The van der Waals surface area contributed by atoms with Crippen LogP contribution in [0.15, 0.2) is 35.5 Å². The van der Waals surface area contributed by atoms with Crippen LogP contribution in [0.25, 0.3) is 0 Å². The zero-order valence-electron chi connectivity index (χ0n) is 18.6. The molecule has 1 N–H and O–H groups in total. The van der Waals surface area contributed by atoms with E-state index in [0.717, 1.165) is 18.4 Å². The van der Waals surface area contributed by atoms with E-state index in [0.29, 0.717) is 12.8 Å². The first-order valence-corrected chi connectivity index (χ1v) is 11.4. The van der Waals surface area contributed by atoms with Gasteiger partial charge in [0.15, 0.2) is 11.6 Å². The molecule has 2 saturated carbocycles. The van der Waals surface area contributed by atoms with E-state index in [1.807, 2.05) is 13.0 Å². The molecular weight excluding hydrogens is 441 g/mol. The molecule has 0 spiro atoms. The number of hydrogen-bond acceptors (Lipinski definition) is 7. The second kappa shape index (κ2) is 9.35. The fraction of sp³-hybridized carbons (Fsp3) is 0.619. The molecule has 0 aromatic heterocycles. The Morgan fingerprint density at radius 2 is 1.97 bits per heavy atom. The molecule has 2 fully saturated rings. The molecule has 0 saturated heterocycles. The fourth-order valence-electron chi connectivity index (χ4n) is 6.25. The number of carbonyl (C=O) groups excluding carboxylic acids is 2. The molecule has 10 heteroatoms. The zero-order chi connectivity index (χ0) is 21.2. The Hall–Kier alpha value is 0.630. The third-order valence-electron chi connectivity index (χ3n) is 7.92. The standard InChI is InChI=1S/C21H27O7P.2Na/c1-19-8-5-14(22)11-13(19)3-4-15-16(19)6-9-20(2)17(15)7-10-21(20,24)18(23)12-28-29(25,26)27;;/h5-6,8,11,15,17,24H,3-4,7,9-10,12H2,1-2H3,(H2,25,26,27);;/q;2*+1/p-2/t15-,17+,19+,20+,21+;;/m1../s1. The van der Waals surface area contributed by atoms with Crippen molar-refractivity contribution in [2.45, 2.75) is 51.6 Å². The molecule has 4 aliphatic rings. The number of Topliss-reactive ketones (excluding diaryl/α,β-unsaturated/α-hetero) is 1. The number of fused-ring (bicyclic) bond motifs is 5. The van der Waals surface area contributed by atoms with Gasteiger partial charge in [0.1, 0.15) is 12.2 Å². The number of rotatable bonds is 4. The number of allylic oxidation sites excluding steroid dienone is 6. The van der Waals surface area contributed by atoms with Gasteiger partial charge in [0.2, 0.25) is 0 Å². The molecule has 4 aliphatic carbocycles. The molecule has 158 valence electrons. The molecule has 5 atom stereocenters. The Bertz CT molecular complexity index is 923. The minimum absolute atomic E-state index is 0. The van der Waals surface area contributed by atoms with Crippen LogP contribution in [-0.4, -0.2) is 28.9 Å². The van der Waals surface area contributed by atoms with E-state index >= 15 is 0 Å². The van der Waals surface area contributed by atoms with Gasteiger partial charge < -0.3 is 24.0 Å². The van der Waals surface area contributed by atoms with Crippen LogP contribution in [0.3, 0.4) is 0 Å². The fourth-order valence-corrected chi connectivity index (χ4v) is 6.53. The molecule has 4 rings (SSSR count). The average Bonchev–Trinajstić information content (AvgIpc) is 2.92. The molecule has 0 aromatic rings. The van der Waals surface area contributed by atoms with Crippen LogP contribution in [0.4, 0.5) is 0 Å². The summed E-state index contributed by atoms with van der Waals surface area (Å²) in [6.45, 7) is 3.06. The van der Waals surface area contributed by atoms with Gasteiger partial charge in [-0.05, 0) is 63.0 Å². The first kappa shape index (κ1) is 27.9. The molecule has 0 unspecified atom stereocenters. The second-order valence-electron chi connectivity index (χ2n) is 9.18. The van der Waals surface area contributed by atoms with E-state index in [1.165, 1.54) is 5.57 Å². The van der Waals surface area contributed by atoms with Gasteiger partial charge in [0.05, 0.1) is 7.82 Å². The van der Waals surface area contributed by atoms with Gasteiger partial charge in [0.25, 0.3) is 0 Å². The van der Waals surface area contributed by atoms with Gasteiger partial charge in [-0.2, -0.15) is 0 Å². The van der Waals surface area contributed by atoms with Crippen molar-refractivity contribution in [2.24, 2.45) is 22.7 Å². The van der Waals surface area contributed by atoms with E-state index in [9.17, 15) is 29.0 Å². The summed E-state index contributed by atoms with van der Waals surface area (Å²) in [5.74, 6) is -0.530. The second-order valence-corrected chi connectivity index (χ2v) is 10.3. The quantitative estimate of drug-likeness (QED) is 0.251. The maximum atomic E-state index is 12.7. The number of phosphoric acid groups is 1. The van der Waals surface area contributed by atoms with Crippen LogP contribution in [0.1, 0.15) is 46.0 Å². The first-order valence-electron chi connectivity index (χ1n) is 9.98. The molecule has 0 aliphatic heterocycles. The average molecular weight is 466 g/mol. The minimum Gasteiger partial charge on any atom is -0.790 e. The smallest absolute Gasteiger partial charge is 0.790 e. The summed E-state index contributed by atoms with van der Waals surface area (Å²) in [7, 11) is -5.29. The van der Waals surface area contributed by atoms with E-state index in [4.69, 9.17) is 0 Å². The maximum Gasteiger partial charge on any atom is 1.00 e. The SMILES string of the molecule is C[C@]12C=CC(=O)C=C1CC[C@@H]1C2=CC[C@@]2(C)[C@H]1CC[C@]2(O)C(=O)COP(=O)([O-])[O-].[Na+].[Na+]. The molecule has 0 aromatic carbocycles. The summed E-state index contributed by atoms with van der Waals surface area (Å²) in [4.78, 5) is 46.1. The number of carbonyl (C=O) groups is 2. The van der Waals surface area contributed by atoms with Crippen LogP contribution in [0.5, 0.6) is 0 Å². The largest absolute Gasteiger partial charge is 1.00 e. The van der Waals surface area contributed by atoms with Crippen molar-refractivity contribution in [2.75, 3.05) is 6.61 Å². The molecule has 0 amide bonds. The van der Waals surface area contributed by atoms with Gasteiger partial charge in [-0.1, -0.05) is 30.2 Å². The van der Waals surface area contributed by atoms with E-state index in [1.54, 1.807) is 12.2 Å². The van der Waals surface area contributed by atoms with Crippen LogP contribution in [0, 0.1) is 22.7 Å². The van der Waals surface area contributed by atoms with Gasteiger partial charge in [-0.15, -0.1) is 0 Å². The van der Waals surface area contributed by atoms with Crippen LogP contribution in [-0.2, 0) is 18.7 Å². The molecule has 0 heterocycles. The van der Waals surface area contributed by atoms with Crippen molar-refractivity contribution in [1.29, 1.82) is 0 Å². The number of phosphoric ester groups is 1. The van der Waals surface area contributed by atoms with E-state index < -0.39 is 31.2 Å². The first-order chi connectivity index (χ1) is 13.4. The molecule has 0 bridgehead atoms. The maximum absolute atomic E-state index is 12.7. The van der Waals surface area contributed by atoms with Crippen molar-refractivity contribution in [3.8, 4) is 0 Å². The van der Waals surface area contributed by atoms with Crippen LogP contribution < -0.4 is 68.9 Å². The van der Waals surface area contributed by atoms with Crippen molar-refractivity contribution >= 4 is 19.4 Å². The summed E-state index contributed by atoms with van der Waals surface area (Å²) >= 11 is 0. The molecular formula is C21H25Na2O7P. The molecule has 0 radical (unpaired) electrons. The summed E-state index contributed by atoms with van der Waals surface area (Å²) in [6, 6.07) is 0. The zero-order valence-corrected chi connectivity index (χ0v) is 23.4. The van der Waals surface area contributed by atoms with Crippen LogP contribution >= 0.6 is 7.82 Å². The van der Waals surface area contributed by atoms with Gasteiger partial charge in [0, 0.05) is 10.8 Å². The Balaban J connectivity index is 0.00000171. The Morgan fingerprint density at radius 1 is 1.29 bits per heavy atom. The normalized spacial score (nSPS) is 38.5. The molecule has 7 nitrogen and oxygen atoms in total. The summed E-state index contributed by atoms with van der Waals surface area (Å²) in [6.07, 6.45) is 10.3. The third-order valence-corrected chi connectivity index (χ3v) is 8.36. The Morgan fingerprint density at radius 3 is 2.61 bits per heavy atom. The van der Waals surface area contributed by atoms with Gasteiger partial charge in [-0.3, -0.25) is 9.59 Å². The summed E-state index contributed by atoms with van der Waals surface area (Å²) in [5.41, 5.74) is -0.467. The van der Waals surface area contributed by atoms with E-state index in [-0.39, 0.29) is 88.6 Å². The van der Waals surface area contributed by atoms with E-state index in [2.05, 4.69) is 17.5 Å². The van der Waals surface area contributed by atoms with Crippen molar-refractivity contribution < 1.29 is 92.7 Å². The minimum atomic E-state index is -5.29. The molecule has 31 heavy (non-hydrogen) atoms. The predicted octanol–water partition coefficient (Wildman–Crippen LogP) is -4.63. The van der Waals surface area contributed by atoms with Crippen molar-refractivity contribution in [1.82, 2.24) is 0 Å². The van der Waals surface area contributed by atoms with Gasteiger partial charge >= 0.3 is 59.1 Å². The number of ketones is 2. The predicted molar refractivity (Wildman–Crippen MR) is 100 cm³/mol. The Kier molecular flexibility index (Phi) is 8.41. The Labute approximate surface area is 226 Å². The number of hydrogen-bond donors (Lipinski definition) is 1. The topological polar surface area (TPSA) is 127 Å².